The minimum Gasteiger partial charge on any atom is -0.496 e. The molecule has 0 aliphatic carbocycles. The molecule has 0 bridgehead atoms. The minimum atomic E-state index is 0.0875. The number of ether oxygens (including phenoxy) is 1. The van der Waals surface area contributed by atoms with Gasteiger partial charge in [-0.2, -0.15) is 0 Å². The fourth-order valence-electron chi connectivity index (χ4n) is 3.91. The Hall–Kier alpha value is -1.59. The van der Waals surface area contributed by atoms with Crippen LogP contribution in [0.1, 0.15) is 23.2 Å². The van der Waals surface area contributed by atoms with E-state index < -0.39 is 0 Å². The first kappa shape index (κ1) is 17.2. The fraction of sp³-hybridized carbons (Fsp3) is 0.632. The molecule has 1 unspecified atom stereocenters. The van der Waals surface area contributed by atoms with Gasteiger partial charge in [0.15, 0.2) is 0 Å². The van der Waals surface area contributed by atoms with Crippen molar-refractivity contribution in [2.24, 2.45) is 5.92 Å². The third kappa shape index (κ3) is 4.08. The van der Waals surface area contributed by atoms with Gasteiger partial charge < -0.3 is 14.5 Å². The summed E-state index contributed by atoms with van der Waals surface area (Å²) < 4.78 is 5.33. The van der Waals surface area contributed by atoms with Crippen molar-refractivity contribution in [3.8, 4) is 5.75 Å². The predicted octanol–water partition coefficient (Wildman–Crippen LogP) is 1.79. The third-order valence-corrected chi connectivity index (χ3v) is 5.24. The topological polar surface area (TPSA) is 36.0 Å². The summed E-state index contributed by atoms with van der Waals surface area (Å²) in [5.41, 5.74) is 0.669. The summed E-state index contributed by atoms with van der Waals surface area (Å²) in [4.78, 5) is 19.7. The van der Waals surface area contributed by atoms with Crippen LogP contribution in [0.25, 0.3) is 0 Å². The van der Waals surface area contributed by atoms with Gasteiger partial charge in [-0.1, -0.05) is 12.1 Å². The van der Waals surface area contributed by atoms with E-state index in [2.05, 4.69) is 16.8 Å². The number of methoxy groups -OCH3 is 1. The number of benzene rings is 1. The number of piperidine rings is 1. The Morgan fingerprint density at radius 2 is 1.92 bits per heavy atom. The molecule has 24 heavy (non-hydrogen) atoms. The van der Waals surface area contributed by atoms with Crippen LogP contribution in [-0.4, -0.2) is 80.6 Å². The monoisotopic (exact) mass is 331 g/mol. The highest BCUT2D eigenvalue weighted by Gasteiger charge is 2.26. The minimum absolute atomic E-state index is 0.0875. The average Bonchev–Trinajstić information content (AvgIpc) is 2.62. The molecule has 2 aliphatic heterocycles. The van der Waals surface area contributed by atoms with Gasteiger partial charge in [0.2, 0.25) is 0 Å². The lowest BCUT2D eigenvalue weighted by atomic mass is 9.97. The van der Waals surface area contributed by atoms with Crippen LogP contribution in [0.15, 0.2) is 24.3 Å². The van der Waals surface area contributed by atoms with E-state index in [0.29, 0.717) is 11.3 Å². The number of para-hydroxylation sites is 1. The highest BCUT2D eigenvalue weighted by molar-refractivity contribution is 5.97. The Morgan fingerprint density at radius 1 is 1.17 bits per heavy atom. The van der Waals surface area contributed by atoms with E-state index in [1.165, 1.54) is 32.5 Å². The molecule has 2 saturated heterocycles. The smallest absolute Gasteiger partial charge is 0.257 e. The summed E-state index contributed by atoms with van der Waals surface area (Å²) in [5, 5.41) is 0. The lowest BCUT2D eigenvalue weighted by Crippen LogP contribution is -2.51. The van der Waals surface area contributed by atoms with Gasteiger partial charge in [-0.25, -0.2) is 0 Å². The summed E-state index contributed by atoms with van der Waals surface area (Å²) in [5.74, 6) is 1.53. The zero-order valence-electron chi connectivity index (χ0n) is 14.9. The normalized spacial score (nSPS) is 23.2. The summed E-state index contributed by atoms with van der Waals surface area (Å²) in [6.45, 7) is 7.17. The van der Waals surface area contributed by atoms with Crippen LogP contribution < -0.4 is 4.74 Å². The Bertz CT molecular complexity index is 555. The summed E-state index contributed by atoms with van der Waals surface area (Å²) in [7, 11) is 3.83. The number of hydrogen-bond donors (Lipinski definition) is 0. The van der Waals surface area contributed by atoms with E-state index in [1.54, 1.807) is 7.11 Å². The number of likely N-dealkylation sites (tertiary alicyclic amines) is 1. The van der Waals surface area contributed by atoms with Gasteiger partial charge in [-0.15, -0.1) is 0 Å². The van der Waals surface area contributed by atoms with Crippen LogP contribution in [0.3, 0.4) is 0 Å². The van der Waals surface area contributed by atoms with E-state index in [9.17, 15) is 4.79 Å². The molecule has 3 rings (SSSR count). The van der Waals surface area contributed by atoms with E-state index in [0.717, 1.165) is 32.1 Å². The number of carbonyl (C=O) groups is 1. The second kappa shape index (κ2) is 7.99. The Balaban J connectivity index is 1.52. The van der Waals surface area contributed by atoms with Crippen molar-refractivity contribution in [3.63, 3.8) is 0 Å². The van der Waals surface area contributed by atoms with Gasteiger partial charge in [0.25, 0.3) is 5.91 Å². The lowest BCUT2D eigenvalue weighted by Gasteiger charge is -2.38. The maximum Gasteiger partial charge on any atom is 0.257 e. The number of carbonyl (C=O) groups excluding carboxylic acids is 1. The molecule has 132 valence electrons. The van der Waals surface area contributed by atoms with E-state index in [4.69, 9.17) is 4.74 Å². The molecule has 1 aromatic carbocycles. The van der Waals surface area contributed by atoms with E-state index >= 15 is 0 Å². The second-order valence-corrected chi connectivity index (χ2v) is 7.06. The maximum absolute atomic E-state index is 12.7. The molecule has 2 aliphatic rings. The molecular weight excluding hydrogens is 302 g/mol. The van der Waals surface area contributed by atoms with E-state index in [1.807, 2.05) is 29.2 Å². The van der Waals surface area contributed by atoms with Crippen LogP contribution in [0.5, 0.6) is 5.75 Å². The SMILES string of the molecule is COc1ccccc1C(=O)N1CCN(CC2CCCN(C)C2)CC1. The zero-order valence-corrected chi connectivity index (χ0v) is 14.9. The van der Waals surface area contributed by atoms with Crippen molar-refractivity contribution in [1.82, 2.24) is 14.7 Å². The fourth-order valence-corrected chi connectivity index (χ4v) is 3.91. The maximum atomic E-state index is 12.7. The molecule has 1 amide bonds. The largest absolute Gasteiger partial charge is 0.496 e. The number of piperazine rings is 1. The number of hydrogen-bond acceptors (Lipinski definition) is 4. The molecule has 1 aromatic rings. The van der Waals surface area contributed by atoms with Crippen LogP contribution in [-0.2, 0) is 0 Å². The summed E-state index contributed by atoms with van der Waals surface area (Å²) in [6, 6.07) is 7.49. The van der Waals surface area contributed by atoms with Gasteiger partial charge in [0.05, 0.1) is 12.7 Å². The lowest BCUT2D eigenvalue weighted by molar-refractivity contribution is 0.0585. The molecule has 0 N–H and O–H groups in total. The highest BCUT2D eigenvalue weighted by atomic mass is 16.5. The molecule has 5 nitrogen and oxygen atoms in total. The molecule has 2 fully saturated rings. The number of nitrogens with zero attached hydrogens (tertiary/aromatic N) is 3. The first-order chi connectivity index (χ1) is 11.7. The predicted molar refractivity (Wildman–Crippen MR) is 95.6 cm³/mol. The first-order valence-corrected chi connectivity index (χ1v) is 9.00. The van der Waals surface area contributed by atoms with Crippen molar-refractivity contribution in [2.75, 3.05) is 60.0 Å². The van der Waals surface area contributed by atoms with Crippen LogP contribution in [0.2, 0.25) is 0 Å². The Morgan fingerprint density at radius 3 is 2.62 bits per heavy atom. The van der Waals surface area contributed by atoms with Gasteiger partial charge in [-0.05, 0) is 44.5 Å². The third-order valence-electron chi connectivity index (χ3n) is 5.24. The van der Waals surface area contributed by atoms with Crippen molar-refractivity contribution < 1.29 is 9.53 Å². The zero-order chi connectivity index (χ0) is 16.9. The molecule has 2 heterocycles. The highest BCUT2D eigenvalue weighted by Crippen LogP contribution is 2.21. The van der Waals surface area contributed by atoms with Crippen molar-refractivity contribution in [2.45, 2.75) is 12.8 Å². The molecule has 0 saturated carbocycles. The first-order valence-electron chi connectivity index (χ1n) is 9.00. The number of amides is 1. The van der Waals surface area contributed by atoms with Crippen LogP contribution >= 0.6 is 0 Å². The Labute approximate surface area is 145 Å². The van der Waals surface area contributed by atoms with E-state index in [-0.39, 0.29) is 5.91 Å². The van der Waals surface area contributed by atoms with Gasteiger partial charge in [0, 0.05) is 39.3 Å². The molecule has 1 atom stereocenters. The average molecular weight is 331 g/mol. The molecule has 0 aromatic heterocycles. The van der Waals surface area contributed by atoms with Gasteiger partial charge in [-0.3, -0.25) is 9.69 Å². The van der Waals surface area contributed by atoms with Crippen molar-refractivity contribution >= 4 is 5.91 Å². The second-order valence-electron chi connectivity index (χ2n) is 7.06. The van der Waals surface area contributed by atoms with Crippen LogP contribution in [0, 0.1) is 5.92 Å². The van der Waals surface area contributed by atoms with Crippen molar-refractivity contribution in [1.29, 1.82) is 0 Å². The van der Waals surface area contributed by atoms with Gasteiger partial charge in [0.1, 0.15) is 5.75 Å². The summed E-state index contributed by atoms with van der Waals surface area (Å²) in [6.07, 6.45) is 2.65. The number of rotatable bonds is 4. The Kier molecular flexibility index (Phi) is 5.74. The molecule has 0 spiro atoms. The molecular formula is C19H29N3O2. The van der Waals surface area contributed by atoms with Crippen LogP contribution in [0.4, 0.5) is 0 Å². The molecule has 5 heteroatoms. The standard InChI is InChI=1S/C19H29N3O2/c1-20-9-5-6-16(14-20)15-21-10-12-22(13-11-21)19(23)17-7-3-4-8-18(17)24-2/h3-4,7-8,16H,5-6,9-15H2,1-2H3. The van der Waals surface area contributed by atoms with Crippen molar-refractivity contribution in [3.05, 3.63) is 29.8 Å². The quantitative estimate of drug-likeness (QED) is 0.843. The van der Waals surface area contributed by atoms with Gasteiger partial charge >= 0.3 is 0 Å². The molecule has 0 radical (unpaired) electrons. The summed E-state index contributed by atoms with van der Waals surface area (Å²) >= 11 is 0.